The fourth-order valence-corrected chi connectivity index (χ4v) is 5.31. The van der Waals surface area contributed by atoms with Gasteiger partial charge in [-0.2, -0.15) is 0 Å². The molecule has 35 heavy (non-hydrogen) atoms. The van der Waals surface area contributed by atoms with Gasteiger partial charge < -0.3 is 14.2 Å². The summed E-state index contributed by atoms with van der Waals surface area (Å²) in [5, 5.41) is 1.06. The van der Waals surface area contributed by atoms with Crippen molar-refractivity contribution in [3.8, 4) is 0 Å². The number of amides is 3. The number of halogens is 1. The van der Waals surface area contributed by atoms with Crippen LogP contribution in [0.4, 0.5) is 9.18 Å². The molecule has 3 amide bonds. The lowest BCUT2D eigenvalue weighted by atomic mass is 9.88. The molecule has 7 nitrogen and oxygen atoms in total. The number of esters is 1. The maximum Gasteiger partial charge on any atom is 0.327 e. The molecule has 1 fully saturated rings. The molecule has 0 aliphatic carbocycles. The number of benzene rings is 2. The minimum atomic E-state index is -0.607. The quantitative estimate of drug-likeness (QED) is 0.396. The molecule has 0 saturated carbocycles. The first kappa shape index (κ1) is 23.1. The molecule has 1 atom stereocenters. The van der Waals surface area contributed by atoms with Crippen molar-refractivity contribution in [3.63, 3.8) is 0 Å². The molecule has 182 valence electrons. The third-order valence-corrected chi connectivity index (χ3v) is 7.01. The SMILES string of the molecule is COC(=O)CC(C)(C)CN1C(=O)C2Cc3c(n(Cc4ccc(F)cc4)c4ccccc34)CN2C1=O. The van der Waals surface area contributed by atoms with Crippen LogP contribution in [0.25, 0.3) is 10.9 Å². The fraction of sp³-hybridized carbons (Fsp3) is 0.370. The van der Waals surface area contributed by atoms with E-state index in [2.05, 4.69) is 4.57 Å². The molecule has 3 aromatic rings. The number of imide groups is 1. The van der Waals surface area contributed by atoms with Gasteiger partial charge in [0.1, 0.15) is 11.9 Å². The van der Waals surface area contributed by atoms with Crippen LogP contribution in [-0.4, -0.2) is 52.0 Å². The lowest BCUT2D eigenvalue weighted by Crippen LogP contribution is -2.41. The number of hydrogen-bond donors (Lipinski definition) is 0. The van der Waals surface area contributed by atoms with Crippen LogP contribution in [0.5, 0.6) is 0 Å². The molecule has 1 saturated heterocycles. The van der Waals surface area contributed by atoms with E-state index in [0.29, 0.717) is 19.5 Å². The van der Waals surface area contributed by atoms with Crippen LogP contribution in [0, 0.1) is 11.2 Å². The van der Waals surface area contributed by atoms with Gasteiger partial charge in [0.25, 0.3) is 5.91 Å². The lowest BCUT2D eigenvalue weighted by Gasteiger charge is -2.29. The first-order chi connectivity index (χ1) is 16.7. The number of methoxy groups -OCH3 is 1. The zero-order valence-electron chi connectivity index (χ0n) is 20.1. The van der Waals surface area contributed by atoms with Crippen molar-refractivity contribution in [2.75, 3.05) is 13.7 Å². The molecular formula is C27H28FN3O4. The molecule has 2 aliphatic heterocycles. The van der Waals surface area contributed by atoms with Gasteiger partial charge in [0.15, 0.2) is 0 Å². The zero-order chi connectivity index (χ0) is 24.9. The molecule has 0 bridgehead atoms. The Morgan fingerprint density at radius 2 is 1.83 bits per heavy atom. The van der Waals surface area contributed by atoms with E-state index < -0.39 is 11.5 Å². The van der Waals surface area contributed by atoms with E-state index in [4.69, 9.17) is 4.74 Å². The van der Waals surface area contributed by atoms with Crippen molar-refractivity contribution in [3.05, 3.63) is 71.2 Å². The summed E-state index contributed by atoms with van der Waals surface area (Å²) in [6.07, 6.45) is 0.545. The molecular weight excluding hydrogens is 449 g/mol. The van der Waals surface area contributed by atoms with Crippen molar-refractivity contribution < 1.29 is 23.5 Å². The minimum absolute atomic E-state index is 0.110. The summed E-state index contributed by atoms with van der Waals surface area (Å²) in [5.74, 6) is -0.887. The summed E-state index contributed by atoms with van der Waals surface area (Å²) in [5.41, 5.74) is 3.43. The lowest BCUT2D eigenvalue weighted by molar-refractivity contribution is -0.143. The first-order valence-electron chi connectivity index (χ1n) is 11.7. The average Bonchev–Trinajstić information content (AvgIpc) is 3.25. The van der Waals surface area contributed by atoms with Gasteiger partial charge in [-0.25, -0.2) is 9.18 Å². The predicted molar refractivity (Wildman–Crippen MR) is 128 cm³/mol. The topological polar surface area (TPSA) is 71.8 Å². The number of carbonyl (C=O) groups is 3. The highest BCUT2D eigenvalue weighted by Crippen LogP contribution is 2.38. The number of fused-ring (bicyclic) bond motifs is 4. The Kier molecular flexibility index (Phi) is 5.62. The standard InChI is InChI=1S/C27H28FN3O4/c1-27(2,13-24(32)35-3)16-31-25(33)22-12-20-19-6-4-5-7-21(19)29(23(20)15-30(22)26(31)34)14-17-8-10-18(28)11-9-17/h4-11,22H,12-16H2,1-3H3. The Bertz CT molecular complexity index is 1330. The molecule has 2 aromatic carbocycles. The maximum atomic E-state index is 13.4. The van der Waals surface area contributed by atoms with Crippen LogP contribution in [0.3, 0.4) is 0 Å². The van der Waals surface area contributed by atoms with E-state index in [0.717, 1.165) is 27.7 Å². The van der Waals surface area contributed by atoms with Gasteiger partial charge >= 0.3 is 12.0 Å². The Hall–Kier alpha value is -3.68. The van der Waals surface area contributed by atoms with E-state index in [1.54, 1.807) is 17.0 Å². The highest BCUT2D eigenvalue weighted by atomic mass is 19.1. The second kappa shape index (κ2) is 8.52. The number of urea groups is 1. The predicted octanol–water partition coefficient (Wildman–Crippen LogP) is 4.11. The van der Waals surface area contributed by atoms with E-state index in [1.165, 1.54) is 24.1 Å². The minimum Gasteiger partial charge on any atom is -0.469 e. The number of aromatic nitrogens is 1. The van der Waals surface area contributed by atoms with Crippen molar-refractivity contribution in [1.29, 1.82) is 0 Å². The Morgan fingerprint density at radius 3 is 2.54 bits per heavy atom. The van der Waals surface area contributed by atoms with E-state index >= 15 is 0 Å². The molecule has 0 N–H and O–H groups in total. The Morgan fingerprint density at radius 1 is 1.11 bits per heavy atom. The van der Waals surface area contributed by atoms with Crippen LogP contribution in [0.1, 0.15) is 37.1 Å². The van der Waals surface area contributed by atoms with Crippen LogP contribution >= 0.6 is 0 Å². The van der Waals surface area contributed by atoms with Gasteiger partial charge in [0.05, 0.1) is 20.1 Å². The van der Waals surface area contributed by atoms with Crippen molar-refractivity contribution in [1.82, 2.24) is 14.4 Å². The summed E-state index contributed by atoms with van der Waals surface area (Å²) in [4.78, 5) is 41.5. The van der Waals surface area contributed by atoms with Crippen molar-refractivity contribution in [2.24, 2.45) is 5.41 Å². The van der Waals surface area contributed by atoms with Gasteiger partial charge in [-0.1, -0.05) is 44.2 Å². The molecule has 2 aliphatic rings. The smallest absolute Gasteiger partial charge is 0.327 e. The highest BCUT2D eigenvalue weighted by molar-refractivity contribution is 6.05. The van der Waals surface area contributed by atoms with Crippen molar-refractivity contribution in [2.45, 2.75) is 45.8 Å². The van der Waals surface area contributed by atoms with Gasteiger partial charge in [-0.05, 0) is 34.7 Å². The summed E-state index contributed by atoms with van der Waals surface area (Å²) in [6, 6.07) is 13.5. The Labute approximate surface area is 203 Å². The number of carbonyl (C=O) groups excluding carboxylic acids is 3. The normalized spacial score (nSPS) is 17.7. The first-order valence-corrected chi connectivity index (χ1v) is 11.7. The number of para-hydroxylation sites is 1. The largest absolute Gasteiger partial charge is 0.469 e. The second-order valence-electron chi connectivity index (χ2n) is 10.1. The third-order valence-electron chi connectivity index (χ3n) is 7.01. The second-order valence-corrected chi connectivity index (χ2v) is 10.1. The summed E-state index contributed by atoms with van der Waals surface area (Å²) >= 11 is 0. The van der Waals surface area contributed by atoms with Gasteiger partial charge in [0, 0.05) is 36.1 Å². The molecule has 8 heteroatoms. The number of hydrogen-bond acceptors (Lipinski definition) is 4. The van der Waals surface area contributed by atoms with Crippen molar-refractivity contribution >= 4 is 28.8 Å². The average molecular weight is 478 g/mol. The number of ether oxygens (including phenoxy) is 1. The maximum absolute atomic E-state index is 13.4. The third kappa shape index (κ3) is 4.07. The van der Waals surface area contributed by atoms with E-state index in [1.807, 2.05) is 38.1 Å². The molecule has 3 heterocycles. The molecule has 5 rings (SSSR count). The number of nitrogens with zero attached hydrogens (tertiary/aromatic N) is 3. The van der Waals surface area contributed by atoms with Gasteiger partial charge in [0.2, 0.25) is 0 Å². The fourth-order valence-electron chi connectivity index (χ4n) is 5.31. The summed E-state index contributed by atoms with van der Waals surface area (Å²) < 4.78 is 20.4. The number of rotatable bonds is 6. The molecule has 1 aromatic heterocycles. The van der Waals surface area contributed by atoms with Crippen LogP contribution in [0.15, 0.2) is 48.5 Å². The summed E-state index contributed by atoms with van der Waals surface area (Å²) in [6.45, 7) is 4.69. The molecule has 0 radical (unpaired) electrons. The van der Waals surface area contributed by atoms with E-state index in [9.17, 15) is 18.8 Å². The summed E-state index contributed by atoms with van der Waals surface area (Å²) in [7, 11) is 1.33. The van der Waals surface area contributed by atoms with Gasteiger partial charge in [-0.3, -0.25) is 14.5 Å². The molecule has 1 unspecified atom stereocenters. The van der Waals surface area contributed by atoms with Crippen LogP contribution in [-0.2, 0) is 33.8 Å². The zero-order valence-corrected chi connectivity index (χ0v) is 20.1. The highest BCUT2D eigenvalue weighted by Gasteiger charge is 2.49. The van der Waals surface area contributed by atoms with Crippen LogP contribution in [0.2, 0.25) is 0 Å². The Balaban J connectivity index is 1.47. The van der Waals surface area contributed by atoms with Crippen LogP contribution < -0.4 is 0 Å². The monoisotopic (exact) mass is 477 g/mol. The molecule has 0 spiro atoms. The van der Waals surface area contributed by atoms with E-state index in [-0.39, 0.29) is 36.7 Å². The van der Waals surface area contributed by atoms with Gasteiger partial charge in [-0.15, -0.1) is 0 Å².